The van der Waals surface area contributed by atoms with Gasteiger partial charge in [-0.25, -0.2) is 0 Å². The zero-order valence-electron chi connectivity index (χ0n) is 15.1. The van der Waals surface area contributed by atoms with E-state index in [1.54, 1.807) is 0 Å². The van der Waals surface area contributed by atoms with Gasteiger partial charge in [-0.3, -0.25) is 0 Å². The van der Waals surface area contributed by atoms with Crippen LogP contribution in [-0.2, 0) is 4.43 Å². The van der Waals surface area contributed by atoms with Gasteiger partial charge >= 0.3 is 0 Å². The van der Waals surface area contributed by atoms with Gasteiger partial charge in [0, 0.05) is 6.61 Å². The van der Waals surface area contributed by atoms with Crippen molar-refractivity contribution in [3.8, 4) is 11.1 Å². The highest BCUT2D eigenvalue weighted by Crippen LogP contribution is 2.22. The smallest absolute Gasteiger partial charge is 0.242 e. The van der Waals surface area contributed by atoms with Crippen molar-refractivity contribution < 1.29 is 4.43 Å². The normalized spacial score (nSPS) is 12.8. The van der Waals surface area contributed by atoms with E-state index in [2.05, 4.69) is 92.8 Å². The summed E-state index contributed by atoms with van der Waals surface area (Å²) in [7, 11) is -1.93. The molecule has 3 aromatic rings. The summed E-state index contributed by atoms with van der Waals surface area (Å²) in [6.07, 6.45) is 0. The summed E-state index contributed by atoms with van der Waals surface area (Å²) in [5.41, 5.74) is 6.97. The third-order valence-electron chi connectivity index (χ3n) is 5.26. The number of rotatable bonds is 4. The molecule has 1 heterocycles. The monoisotopic (exact) mass is 342 g/mol. The predicted octanol–water partition coefficient (Wildman–Crippen LogP) is 2.63. The maximum Gasteiger partial charge on any atom is 0.242 e. The third kappa shape index (κ3) is 2.68. The molecule has 0 amide bonds. The summed E-state index contributed by atoms with van der Waals surface area (Å²) < 4.78 is 6.23. The molecule has 0 spiro atoms. The van der Waals surface area contributed by atoms with Crippen molar-refractivity contribution in [2.75, 3.05) is 6.61 Å². The second-order valence-corrected chi connectivity index (χ2v) is 11.0. The molecule has 0 unspecified atom stereocenters. The molecule has 0 atom stereocenters. The lowest BCUT2D eigenvalue weighted by atomic mass is 9.39. The van der Waals surface area contributed by atoms with Crippen molar-refractivity contribution in [1.29, 1.82) is 0 Å². The molecule has 3 heteroatoms. The molecule has 0 saturated heterocycles. The maximum atomic E-state index is 6.23. The highest BCUT2D eigenvalue weighted by atomic mass is 28.4. The molecule has 25 heavy (non-hydrogen) atoms. The zero-order chi connectivity index (χ0) is 17.4. The van der Waals surface area contributed by atoms with Crippen LogP contribution < -0.4 is 21.6 Å². The molecule has 1 aliphatic rings. The van der Waals surface area contributed by atoms with Crippen molar-refractivity contribution >= 4 is 36.6 Å². The van der Waals surface area contributed by atoms with Crippen LogP contribution >= 0.6 is 0 Å². The molecule has 0 aromatic heterocycles. The minimum Gasteiger partial charge on any atom is -0.413 e. The van der Waals surface area contributed by atoms with Crippen LogP contribution in [0.2, 0.25) is 13.1 Å². The summed E-state index contributed by atoms with van der Waals surface area (Å²) >= 11 is 0. The first kappa shape index (κ1) is 16.4. The van der Waals surface area contributed by atoms with Gasteiger partial charge in [-0.2, -0.15) is 0 Å². The Labute approximate surface area is 151 Å². The van der Waals surface area contributed by atoms with E-state index in [-0.39, 0.29) is 0 Å². The lowest BCUT2D eigenvalue weighted by molar-refractivity contribution is 0.339. The van der Waals surface area contributed by atoms with Gasteiger partial charge in [-0.15, -0.1) is 0 Å². The number of hydrogen-bond acceptors (Lipinski definition) is 1. The molecule has 0 bridgehead atoms. The summed E-state index contributed by atoms with van der Waals surface area (Å²) in [6, 6.07) is 26.6. The second kappa shape index (κ2) is 6.32. The first-order chi connectivity index (χ1) is 12.1. The standard InChI is InChI=1S/C22H23BOSi/c1-4-24-25(2,3)22-16-10-9-15-21(22)23-19-13-7-5-11-17(19)18-12-6-8-14-20(18)23/h5-16H,4H2,1-3H3. The fourth-order valence-corrected chi connectivity index (χ4v) is 6.52. The topological polar surface area (TPSA) is 9.23 Å². The predicted molar refractivity (Wildman–Crippen MR) is 112 cm³/mol. The molecular weight excluding hydrogens is 319 g/mol. The molecule has 0 saturated carbocycles. The van der Waals surface area contributed by atoms with Gasteiger partial charge in [0.15, 0.2) is 0 Å². The van der Waals surface area contributed by atoms with Crippen LogP contribution in [-0.4, -0.2) is 21.6 Å². The van der Waals surface area contributed by atoms with E-state index in [1.165, 1.54) is 32.7 Å². The van der Waals surface area contributed by atoms with Crippen LogP contribution in [0, 0.1) is 0 Å². The summed E-state index contributed by atoms with van der Waals surface area (Å²) in [5.74, 6) is 0. The summed E-state index contributed by atoms with van der Waals surface area (Å²) in [4.78, 5) is 0. The van der Waals surface area contributed by atoms with Gasteiger partial charge in [0.2, 0.25) is 15.0 Å². The average molecular weight is 342 g/mol. The molecule has 0 radical (unpaired) electrons. The Kier molecular flexibility index (Phi) is 4.14. The van der Waals surface area contributed by atoms with Crippen LogP contribution in [0.25, 0.3) is 11.1 Å². The lowest BCUT2D eigenvalue weighted by Gasteiger charge is -2.27. The van der Waals surface area contributed by atoms with Gasteiger partial charge in [-0.1, -0.05) is 89.2 Å². The highest BCUT2D eigenvalue weighted by molar-refractivity contribution is 7.03. The lowest BCUT2D eigenvalue weighted by Crippen LogP contribution is -2.61. The van der Waals surface area contributed by atoms with Gasteiger partial charge in [0.1, 0.15) is 0 Å². The van der Waals surface area contributed by atoms with E-state index in [0.29, 0.717) is 6.71 Å². The maximum absolute atomic E-state index is 6.23. The molecule has 1 nitrogen and oxygen atoms in total. The fourth-order valence-electron chi connectivity index (χ4n) is 4.23. The number of benzene rings is 3. The van der Waals surface area contributed by atoms with E-state index in [1.807, 2.05) is 0 Å². The molecule has 1 aliphatic heterocycles. The molecule has 0 fully saturated rings. The third-order valence-corrected chi connectivity index (χ3v) is 8.02. The molecular formula is C22H23BOSi. The second-order valence-electron chi connectivity index (χ2n) is 7.14. The fraction of sp³-hybridized carbons (Fsp3) is 0.182. The number of hydrogen-bond donors (Lipinski definition) is 0. The van der Waals surface area contributed by atoms with Crippen molar-refractivity contribution in [2.45, 2.75) is 20.0 Å². The van der Waals surface area contributed by atoms with Crippen LogP contribution in [0.4, 0.5) is 0 Å². The van der Waals surface area contributed by atoms with Gasteiger partial charge in [0.25, 0.3) is 0 Å². The quantitative estimate of drug-likeness (QED) is 0.518. The van der Waals surface area contributed by atoms with Crippen molar-refractivity contribution in [2.24, 2.45) is 0 Å². The Hall–Kier alpha value is -2.10. The van der Waals surface area contributed by atoms with E-state index < -0.39 is 8.32 Å². The minimum absolute atomic E-state index is 0.302. The highest BCUT2D eigenvalue weighted by Gasteiger charge is 2.37. The van der Waals surface area contributed by atoms with Crippen molar-refractivity contribution in [3.05, 3.63) is 72.8 Å². The van der Waals surface area contributed by atoms with Crippen LogP contribution in [0.1, 0.15) is 6.92 Å². The summed E-state index contributed by atoms with van der Waals surface area (Å²) in [5, 5.41) is 1.41. The first-order valence-corrected chi connectivity index (χ1v) is 12.0. The van der Waals surface area contributed by atoms with Crippen LogP contribution in [0.15, 0.2) is 72.8 Å². The zero-order valence-corrected chi connectivity index (χ0v) is 16.1. The molecule has 3 aromatic carbocycles. The Balaban J connectivity index is 1.95. The Morgan fingerprint density at radius 1 is 0.720 bits per heavy atom. The Bertz CT molecular complexity index is 874. The largest absolute Gasteiger partial charge is 0.413 e. The SMILES string of the molecule is CCO[Si](C)(C)c1ccccc1B1c2ccccc2-c2ccccc21. The van der Waals surface area contributed by atoms with Crippen molar-refractivity contribution in [3.63, 3.8) is 0 Å². The van der Waals surface area contributed by atoms with E-state index in [0.717, 1.165) is 6.61 Å². The first-order valence-electron chi connectivity index (χ1n) is 9.05. The van der Waals surface area contributed by atoms with E-state index in [9.17, 15) is 0 Å². The van der Waals surface area contributed by atoms with Gasteiger partial charge < -0.3 is 4.43 Å². The molecule has 124 valence electrons. The van der Waals surface area contributed by atoms with Gasteiger partial charge in [-0.05, 0) is 36.3 Å². The van der Waals surface area contributed by atoms with E-state index >= 15 is 0 Å². The minimum atomic E-state index is -1.93. The number of fused-ring (bicyclic) bond motifs is 3. The van der Waals surface area contributed by atoms with Crippen molar-refractivity contribution in [1.82, 2.24) is 0 Å². The van der Waals surface area contributed by atoms with Crippen LogP contribution in [0.3, 0.4) is 0 Å². The van der Waals surface area contributed by atoms with Crippen LogP contribution in [0.5, 0.6) is 0 Å². The van der Waals surface area contributed by atoms with E-state index in [4.69, 9.17) is 4.43 Å². The Morgan fingerprint density at radius 2 is 1.20 bits per heavy atom. The Morgan fingerprint density at radius 3 is 1.76 bits per heavy atom. The van der Waals surface area contributed by atoms with Gasteiger partial charge in [0.05, 0.1) is 0 Å². The molecule has 0 aliphatic carbocycles. The summed E-state index contributed by atoms with van der Waals surface area (Å²) in [6.45, 7) is 7.78. The molecule has 0 N–H and O–H groups in total. The molecule has 4 rings (SSSR count). The average Bonchev–Trinajstić information content (AvgIpc) is 2.96.